The van der Waals surface area contributed by atoms with Crippen LogP contribution in [0.5, 0.6) is 17.2 Å². The number of aliphatic imine (C=N–C) groups is 1. The van der Waals surface area contributed by atoms with Crippen LogP contribution in [0.25, 0.3) is 17.1 Å². The molecule has 7 atom stereocenters. The molecule has 2 aromatic carbocycles. The van der Waals surface area contributed by atoms with Crippen molar-refractivity contribution in [3.05, 3.63) is 82.0 Å². The van der Waals surface area contributed by atoms with Gasteiger partial charge in [0, 0.05) is 29.4 Å². The number of halogens is 1. The zero-order chi connectivity index (χ0) is 42.7. The van der Waals surface area contributed by atoms with Crippen LogP contribution in [0, 0.1) is 17.8 Å². The number of benzene rings is 2. The Kier molecular flexibility index (Phi) is 9.44. The maximum absolute atomic E-state index is 15.7. The number of hydrogen-bond acceptors (Lipinski definition) is 10. The molecule has 314 valence electrons. The lowest BCUT2D eigenvalue weighted by Crippen LogP contribution is -2.79. The first-order valence-electron chi connectivity index (χ1n) is 20.9. The Bertz CT molecular complexity index is 2550. The number of fused-ring (bicyclic) bond motifs is 6. The molecule has 3 aliphatic carbocycles. The Labute approximate surface area is 355 Å². The van der Waals surface area contributed by atoms with E-state index in [0.717, 1.165) is 28.6 Å². The number of alkyl halides is 1. The molecule has 10 rings (SSSR count). The number of ether oxygens (including phenoxy) is 5. The lowest BCUT2D eigenvalue weighted by atomic mass is 9.44. The van der Waals surface area contributed by atoms with Crippen molar-refractivity contribution in [1.82, 2.24) is 9.55 Å². The smallest absolute Gasteiger partial charge is 0.333 e. The molecule has 60 heavy (non-hydrogen) atoms. The fourth-order valence-electron chi connectivity index (χ4n) is 11.1. The van der Waals surface area contributed by atoms with Gasteiger partial charge in [-0.05, 0) is 105 Å². The summed E-state index contributed by atoms with van der Waals surface area (Å²) < 4.78 is 35.7. The monoisotopic (exact) mass is 833 g/mol. The van der Waals surface area contributed by atoms with Crippen LogP contribution in [-0.4, -0.2) is 68.4 Å². The van der Waals surface area contributed by atoms with Crippen molar-refractivity contribution in [2.75, 3.05) is 13.0 Å². The number of ketones is 1. The second-order valence-corrected chi connectivity index (χ2v) is 18.7. The highest BCUT2D eigenvalue weighted by atomic mass is 35.5. The Morgan fingerprint density at radius 2 is 1.77 bits per heavy atom. The molecule has 11 nitrogen and oxygen atoms in total. The lowest BCUT2D eigenvalue weighted by molar-refractivity contribution is -0.206. The van der Waals surface area contributed by atoms with Crippen LogP contribution in [0.1, 0.15) is 104 Å². The SMILES string of the molecule is COC(=O)C(C)=CCC12OC(C)(C)C3CC(C1=O)C1C4C(=Nc5nc6ccccc6n51)c1c(OC(=O)CCl)c5c(c(CC=C(C)C)c1OC432)OC(C)(CCC=C(C)C)C=C5. The average Bonchev–Trinajstić information content (AvgIpc) is 3.64. The molecular formula is C48H52ClN3O8. The summed E-state index contributed by atoms with van der Waals surface area (Å²) in [6, 6.07) is 7.39. The number of nitrogens with zero attached hydrogens (tertiary/aromatic N) is 3. The summed E-state index contributed by atoms with van der Waals surface area (Å²) in [6.45, 7) is 16.0. The van der Waals surface area contributed by atoms with Crippen molar-refractivity contribution in [2.45, 2.75) is 116 Å². The van der Waals surface area contributed by atoms with Crippen molar-refractivity contribution in [3.63, 3.8) is 0 Å². The molecule has 0 N–H and O–H groups in total. The van der Waals surface area contributed by atoms with Gasteiger partial charge < -0.3 is 28.3 Å². The molecule has 4 aliphatic heterocycles. The Balaban J connectivity index is 1.39. The van der Waals surface area contributed by atoms with Crippen LogP contribution in [0.4, 0.5) is 5.95 Å². The molecule has 4 fully saturated rings. The summed E-state index contributed by atoms with van der Waals surface area (Å²) in [7, 11) is 1.34. The quantitative estimate of drug-likeness (QED) is 0.0646. The third kappa shape index (κ3) is 5.67. The predicted molar refractivity (Wildman–Crippen MR) is 229 cm³/mol. The number of Topliss-reactive ketones (excluding diaryl/α,β-unsaturated/α-hetero) is 1. The number of aromatic nitrogens is 2. The summed E-state index contributed by atoms with van der Waals surface area (Å²) >= 11 is 6.19. The summed E-state index contributed by atoms with van der Waals surface area (Å²) in [4.78, 5) is 52.5. The zero-order valence-electron chi connectivity index (χ0n) is 35.7. The summed E-state index contributed by atoms with van der Waals surface area (Å²) in [6.07, 6.45) is 12.5. The lowest BCUT2D eigenvalue weighted by Gasteiger charge is -2.64. The standard InChI is InChI=1S/C48H52ClN3O8/c1-25(2)13-12-20-46(8)21-19-29-39(58-46)28(17-16-26(3)4)41-35(40(29)57-34(53)24-49)37-36-38(52-32-15-11-10-14-31(32)50-44(52)51-37)30-23-33-45(6,7)60-47(42(30)54,48(33,36)59-41)22-18-27(5)43(55)56-9/h10-11,13-16,18-19,21,30,33,36,38H,12,17,20,22-24H2,1-9H3. The van der Waals surface area contributed by atoms with E-state index < -0.39 is 52.2 Å². The fourth-order valence-corrected chi connectivity index (χ4v) is 11.2. The highest BCUT2D eigenvalue weighted by Crippen LogP contribution is 2.74. The molecule has 0 radical (unpaired) electrons. The van der Waals surface area contributed by atoms with Crippen molar-refractivity contribution in [3.8, 4) is 17.2 Å². The van der Waals surface area contributed by atoms with Gasteiger partial charge in [-0.15, -0.1) is 11.6 Å². The minimum Gasteiger partial charge on any atom is -0.482 e. The van der Waals surface area contributed by atoms with Crippen LogP contribution in [0.3, 0.4) is 0 Å². The van der Waals surface area contributed by atoms with Gasteiger partial charge in [0.25, 0.3) is 0 Å². The van der Waals surface area contributed by atoms with Gasteiger partial charge in [-0.1, -0.05) is 41.5 Å². The molecule has 7 aliphatic rings. The molecular weight excluding hydrogens is 782 g/mol. The van der Waals surface area contributed by atoms with Crippen molar-refractivity contribution in [1.29, 1.82) is 0 Å². The Hall–Kier alpha value is -5.00. The maximum Gasteiger partial charge on any atom is 0.333 e. The second kappa shape index (κ2) is 14.0. The highest BCUT2D eigenvalue weighted by Gasteiger charge is 2.85. The minimum atomic E-state index is -1.54. The van der Waals surface area contributed by atoms with E-state index in [9.17, 15) is 9.59 Å². The number of imidazole rings is 1. The van der Waals surface area contributed by atoms with E-state index in [1.54, 1.807) is 13.0 Å². The highest BCUT2D eigenvalue weighted by molar-refractivity contribution is 6.26. The van der Waals surface area contributed by atoms with Crippen LogP contribution in [-0.2, 0) is 30.3 Å². The van der Waals surface area contributed by atoms with E-state index in [1.807, 2.05) is 64.1 Å². The minimum absolute atomic E-state index is 0.0660. The van der Waals surface area contributed by atoms with Gasteiger partial charge in [-0.2, -0.15) is 0 Å². The van der Waals surface area contributed by atoms with Crippen molar-refractivity contribution < 1.29 is 38.1 Å². The number of esters is 2. The molecule has 4 bridgehead atoms. The molecule has 12 heteroatoms. The second-order valence-electron chi connectivity index (χ2n) is 18.4. The molecule has 0 amide bonds. The van der Waals surface area contributed by atoms with Gasteiger partial charge in [0.15, 0.2) is 22.7 Å². The number of para-hydroxylation sites is 2. The van der Waals surface area contributed by atoms with Gasteiger partial charge >= 0.3 is 11.9 Å². The number of carbonyl (C=O) groups is 3. The summed E-state index contributed by atoms with van der Waals surface area (Å²) in [5, 5.41) is 0. The molecule has 5 heterocycles. The molecule has 1 aromatic heterocycles. The normalized spacial score (nSPS) is 29.6. The number of carbonyl (C=O) groups excluding carboxylic acids is 3. The van der Waals surface area contributed by atoms with Crippen LogP contribution in [0.15, 0.2) is 70.3 Å². The van der Waals surface area contributed by atoms with E-state index >= 15 is 4.79 Å². The number of allylic oxidation sites excluding steroid dienone is 4. The first-order valence-corrected chi connectivity index (χ1v) is 21.4. The van der Waals surface area contributed by atoms with Crippen LogP contribution >= 0.6 is 11.6 Å². The topological polar surface area (TPSA) is 128 Å². The van der Waals surface area contributed by atoms with E-state index in [4.69, 9.17) is 45.3 Å². The average molecular weight is 834 g/mol. The predicted octanol–water partition coefficient (Wildman–Crippen LogP) is 9.30. The van der Waals surface area contributed by atoms with Gasteiger partial charge in [-0.25, -0.2) is 14.8 Å². The molecule has 3 saturated carbocycles. The largest absolute Gasteiger partial charge is 0.482 e. The molecule has 7 unspecified atom stereocenters. The van der Waals surface area contributed by atoms with Crippen LogP contribution < -0.4 is 14.2 Å². The summed E-state index contributed by atoms with van der Waals surface area (Å²) in [5.74, 6) is -1.37. The number of hydrogen-bond donors (Lipinski definition) is 0. The molecule has 1 saturated heterocycles. The van der Waals surface area contributed by atoms with Crippen molar-refractivity contribution in [2.24, 2.45) is 22.7 Å². The van der Waals surface area contributed by atoms with Gasteiger partial charge in [0.2, 0.25) is 5.95 Å². The Morgan fingerprint density at radius 3 is 2.48 bits per heavy atom. The van der Waals surface area contributed by atoms with E-state index in [0.29, 0.717) is 59.1 Å². The van der Waals surface area contributed by atoms with E-state index in [2.05, 4.69) is 37.5 Å². The Morgan fingerprint density at radius 1 is 1.02 bits per heavy atom. The third-order valence-corrected chi connectivity index (χ3v) is 13.9. The maximum atomic E-state index is 15.7. The first kappa shape index (κ1) is 40.4. The van der Waals surface area contributed by atoms with Gasteiger partial charge in [0.05, 0.1) is 52.5 Å². The number of rotatable bonds is 10. The van der Waals surface area contributed by atoms with E-state index in [1.165, 1.54) is 12.7 Å². The fraction of sp³-hybridized carbons (Fsp3) is 0.479. The summed E-state index contributed by atoms with van der Waals surface area (Å²) in [5.41, 5.74) is 2.28. The first-order chi connectivity index (χ1) is 28.5. The van der Waals surface area contributed by atoms with E-state index in [-0.39, 0.29) is 29.8 Å². The van der Waals surface area contributed by atoms with Crippen LogP contribution in [0.2, 0.25) is 0 Å². The zero-order valence-corrected chi connectivity index (χ0v) is 36.5. The van der Waals surface area contributed by atoms with Crippen molar-refractivity contribution >= 4 is 58.1 Å². The van der Waals surface area contributed by atoms with Gasteiger partial charge in [-0.3, -0.25) is 9.59 Å². The third-order valence-electron chi connectivity index (χ3n) is 13.6. The number of methoxy groups -OCH3 is 1. The van der Waals surface area contributed by atoms with Gasteiger partial charge in [0.1, 0.15) is 23.0 Å². The molecule has 1 spiro atoms. The molecule has 3 aromatic rings.